The quantitative estimate of drug-likeness (QED) is 0.375. The van der Waals surface area contributed by atoms with Crippen molar-refractivity contribution in [2.24, 2.45) is 0 Å². The van der Waals surface area contributed by atoms with Gasteiger partial charge in [0.15, 0.2) is 5.78 Å². The molecule has 2 rings (SSSR count). The standard InChI is InChI=1S/C23H29NO3/c1-5-13-27-22-15-21(26)19(23(3,4)6-2)14-17(22)9-12-20(25)16-7-10-18(24)11-8-16/h7-12,14-15,26H,5-6,13,24H2,1-4H3. The molecule has 4 heteroatoms. The molecule has 0 atom stereocenters. The number of phenols is 1. The van der Waals surface area contributed by atoms with Gasteiger partial charge < -0.3 is 15.6 Å². The van der Waals surface area contributed by atoms with Crippen LogP contribution in [-0.2, 0) is 5.41 Å². The highest BCUT2D eigenvalue weighted by molar-refractivity contribution is 6.07. The van der Waals surface area contributed by atoms with Gasteiger partial charge in [0, 0.05) is 28.4 Å². The summed E-state index contributed by atoms with van der Waals surface area (Å²) >= 11 is 0. The van der Waals surface area contributed by atoms with Gasteiger partial charge in [-0.25, -0.2) is 0 Å². The first-order valence-corrected chi connectivity index (χ1v) is 9.36. The van der Waals surface area contributed by atoms with Crippen LogP contribution in [-0.4, -0.2) is 17.5 Å². The third-order valence-corrected chi connectivity index (χ3v) is 4.81. The smallest absolute Gasteiger partial charge is 0.185 e. The van der Waals surface area contributed by atoms with Crippen LogP contribution in [0.2, 0.25) is 0 Å². The number of nitrogens with two attached hydrogens (primary N) is 1. The van der Waals surface area contributed by atoms with Gasteiger partial charge in [0.05, 0.1) is 6.61 Å². The van der Waals surface area contributed by atoms with Crippen LogP contribution < -0.4 is 10.5 Å². The van der Waals surface area contributed by atoms with Gasteiger partial charge in [-0.3, -0.25) is 4.79 Å². The topological polar surface area (TPSA) is 72.5 Å². The van der Waals surface area contributed by atoms with Gasteiger partial charge in [-0.2, -0.15) is 0 Å². The molecule has 0 aromatic heterocycles. The molecule has 144 valence electrons. The van der Waals surface area contributed by atoms with Crippen molar-refractivity contribution in [3.8, 4) is 11.5 Å². The minimum atomic E-state index is -0.184. The lowest BCUT2D eigenvalue weighted by molar-refractivity contribution is 0.104. The number of ketones is 1. The highest BCUT2D eigenvalue weighted by Gasteiger charge is 2.23. The Morgan fingerprint density at radius 2 is 1.85 bits per heavy atom. The number of phenolic OH excluding ortho intramolecular Hbond substituents is 1. The van der Waals surface area contributed by atoms with E-state index in [0.29, 0.717) is 23.6 Å². The highest BCUT2D eigenvalue weighted by atomic mass is 16.5. The van der Waals surface area contributed by atoms with Crippen LogP contribution in [0, 0.1) is 0 Å². The van der Waals surface area contributed by atoms with E-state index in [0.717, 1.165) is 24.0 Å². The Morgan fingerprint density at radius 1 is 1.19 bits per heavy atom. The lowest BCUT2D eigenvalue weighted by Crippen LogP contribution is -2.16. The van der Waals surface area contributed by atoms with Gasteiger partial charge in [-0.15, -0.1) is 0 Å². The number of allylic oxidation sites excluding steroid dienone is 1. The Kier molecular flexibility index (Phi) is 6.67. The van der Waals surface area contributed by atoms with Crippen molar-refractivity contribution in [3.63, 3.8) is 0 Å². The van der Waals surface area contributed by atoms with Crippen LogP contribution >= 0.6 is 0 Å². The Balaban J connectivity index is 2.40. The third-order valence-electron chi connectivity index (χ3n) is 4.81. The van der Waals surface area contributed by atoms with Crippen LogP contribution in [0.25, 0.3) is 6.08 Å². The lowest BCUT2D eigenvalue weighted by Gasteiger charge is -2.25. The first-order valence-electron chi connectivity index (χ1n) is 9.36. The van der Waals surface area contributed by atoms with Crippen molar-refractivity contribution >= 4 is 17.5 Å². The number of rotatable bonds is 8. The summed E-state index contributed by atoms with van der Waals surface area (Å²) in [5.41, 5.74) is 8.30. The molecule has 0 aliphatic rings. The van der Waals surface area contributed by atoms with E-state index in [1.165, 1.54) is 6.08 Å². The summed E-state index contributed by atoms with van der Waals surface area (Å²) in [5, 5.41) is 10.5. The zero-order valence-electron chi connectivity index (χ0n) is 16.6. The summed E-state index contributed by atoms with van der Waals surface area (Å²) < 4.78 is 5.78. The molecule has 0 unspecified atom stereocenters. The molecule has 3 N–H and O–H groups in total. The average Bonchev–Trinajstić information content (AvgIpc) is 2.65. The third kappa shape index (κ3) is 5.13. The molecule has 0 aliphatic carbocycles. The zero-order chi connectivity index (χ0) is 20.0. The van der Waals surface area contributed by atoms with Crippen molar-refractivity contribution in [2.45, 2.75) is 46.0 Å². The van der Waals surface area contributed by atoms with Gasteiger partial charge in [0.1, 0.15) is 11.5 Å². The van der Waals surface area contributed by atoms with E-state index >= 15 is 0 Å². The number of carbonyl (C=O) groups is 1. The maximum Gasteiger partial charge on any atom is 0.185 e. The molecule has 4 nitrogen and oxygen atoms in total. The van der Waals surface area contributed by atoms with Crippen molar-refractivity contribution in [1.82, 2.24) is 0 Å². The Labute approximate surface area is 161 Å². The number of ether oxygens (including phenoxy) is 1. The normalized spacial score (nSPS) is 11.7. The van der Waals surface area contributed by atoms with Crippen LogP contribution in [0.4, 0.5) is 5.69 Å². The molecule has 2 aromatic carbocycles. The Bertz CT molecular complexity index is 820. The van der Waals surface area contributed by atoms with Crippen molar-refractivity contribution in [3.05, 3.63) is 59.2 Å². The molecule has 0 amide bonds. The predicted molar refractivity (Wildman–Crippen MR) is 111 cm³/mol. The second-order valence-corrected chi connectivity index (χ2v) is 7.31. The summed E-state index contributed by atoms with van der Waals surface area (Å²) in [5.74, 6) is 0.683. The molecule has 0 heterocycles. The van der Waals surface area contributed by atoms with Crippen LogP contribution in [0.3, 0.4) is 0 Å². The number of hydrogen-bond donors (Lipinski definition) is 2. The fourth-order valence-corrected chi connectivity index (χ4v) is 2.69. The SMILES string of the molecule is CCCOc1cc(O)c(C(C)(C)CC)cc1C=CC(=O)c1ccc(N)cc1. The van der Waals surface area contributed by atoms with E-state index < -0.39 is 0 Å². The van der Waals surface area contributed by atoms with E-state index in [9.17, 15) is 9.90 Å². The van der Waals surface area contributed by atoms with Crippen LogP contribution in [0.5, 0.6) is 11.5 Å². The summed E-state index contributed by atoms with van der Waals surface area (Å²) in [6.07, 6.45) is 5.01. The first-order chi connectivity index (χ1) is 12.8. The molecule has 2 aromatic rings. The maximum atomic E-state index is 12.4. The second-order valence-electron chi connectivity index (χ2n) is 7.31. The summed E-state index contributed by atoms with van der Waals surface area (Å²) in [6.45, 7) is 8.82. The fourth-order valence-electron chi connectivity index (χ4n) is 2.69. The number of nitrogen functional groups attached to an aromatic ring is 1. The molecule has 0 saturated heterocycles. The highest BCUT2D eigenvalue weighted by Crippen LogP contribution is 2.38. The Hall–Kier alpha value is -2.75. The minimum absolute atomic E-state index is 0.110. The molecule has 0 spiro atoms. The van der Waals surface area contributed by atoms with Crippen LogP contribution in [0.15, 0.2) is 42.5 Å². The molecule has 27 heavy (non-hydrogen) atoms. The summed E-state index contributed by atoms with van der Waals surface area (Å²) in [4.78, 5) is 12.4. The van der Waals surface area contributed by atoms with Gasteiger partial charge >= 0.3 is 0 Å². The summed E-state index contributed by atoms with van der Waals surface area (Å²) in [7, 11) is 0. The number of hydrogen-bond acceptors (Lipinski definition) is 4. The first kappa shape index (κ1) is 20.6. The molecule has 0 saturated carbocycles. The van der Waals surface area contributed by atoms with Crippen molar-refractivity contribution < 1.29 is 14.6 Å². The number of benzene rings is 2. The van der Waals surface area contributed by atoms with Crippen LogP contribution in [0.1, 0.15) is 62.0 Å². The molecule has 0 radical (unpaired) electrons. The summed E-state index contributed by atoms with van der Waals surface area (Å²) in [6, 6.07) is 10.4. The molecule has 0 bridgehead atoms. The molecule has 0 aliphatic heterocycles. The molecule has 0 fully saturated rings. The molecular weight excluding hydrogens is 338 g/mol. The number of aromatic hydroxyl groups is 1. The van der Waals surface area contributed by atoms with E-state index in [4.69, 9.17) is 10.5 Å². The van der Waals surface area contributed by atoms with E-state index in [-0.39, 0.29) is 16.9 Å². The average molecular weight is 367 g/mol. The van der Waals surface area contributed by atoms with Gasteiger partial charge in [-0.1, -0.05) is 27.7 Å². The number of carbonyl (C=O) groups excluding carboxylic acids is 1. The fraction of sp³-hybridized carbons (Fsp3) is 0.348. The Morgan fingerprint density at radius 3 is 2.44 bits per heavy atom. The predicted octanol–water partition coefficient (Wildman–Crippen LogP) is 5.35. The lowest BCUT2D eigenvalue weighted by atomic mass is 9.81. The molecular formula is C23H29NO3. The maximum absolute atomic E-state index is 12.4. The largest absolute Gasteiger partial charge is 0.508 e. The van der Waals surface area contributed by atoms with Crippen molar-refractivity contribution in [1.29, 1.82) is 0 Å². The van der Waals surface area contributed by atoms with E-state index in [2.05, 4.69) is 20.8 Å². The monoisotopic (exact) mass is 367 g/mol. The van der Waals surface area contributed by atoms with Gasteiger partial charge in [0.2, 0.25) is 0 Å². The van der Waals surface area contributed by atoms with E-state index in [1.807, 2.05) is 13.0 Å². The van der Waals surface area contributed by atoms with Gasteiger partial charge in [-0.05, 0) is 60.7 Å². The minimum Gasteiger partial charge on any atom is -0.508 e. The van der Waals surface area contributed by atoms with Crippen molar-refractivity contribution in [2.75, 3.05) is 12.3 Å². The zero-order valence-corrected chi connectivity index (χ0v) is 16.6. The number of anilines is 1. The second kappa shape index (κ2) is 8.76. The van der Waals surface area contributed by atoms with E-state index in [1.54, 1.807) is 36.4 Å². The van der Waals surface area contributed by atoms with Gasteiger partial charge in [0.25, 0.3) is 0 Å².